The third-order valence-electron chi connectivity index (χ3n) is 4.00. The van der Waals surface area contributed by atoms with Crippen LogP contribution in [0.1, 0.15) is 18.4 Å². The first-order valence-corrected chi connectivity index (χ1v) is 6.98. The molecule has 0 radical (unpaired) electrons. The molecule has 1 aromatic rings. The maximum atomic E-state index is 12.5. The van der Waals surface area contributed by atoms with Crippen LogP contribution in [0.3, 0.4) is 0 Å². The third-order valence-corrected chi connectivity index (χ3v) is 4.00. The van der Waals surface area contributed by atoms with Crippen molar-refractivity contribution in [2.75, 3.05) is 13.1 Å². The molecular weight excluding hydrogens is 301 g/mol. The van der Waals surface area contributed by atoms with Crippen LogP contribution in [0.25, 0.3) is 0 Å². The van der Waals surface area contributed by atoms with Gasteiger partial charge in [-0.05, 0) is 31.8 Å². The van der Waals surface area contributed by atoms with E-state index < -0.39 is 23.1 Å². The summed E-state index contributed by atoms with van der Waals surface area (Å²) in [5.74, 6) is -0.804. The van der Waals surface area contributed by atoms with Crippen molar-refractivity contribution in [3.63, 3.8) is 0 Å². The predicted octanol–water partition coefficient (Wildman–Crippen LogP) is 2.73. The molecule has 122 valence electrons. The second-order valence-electron chi connectivity index (χ2n) is 5.49. The molecule has 1 unspecified atom stereocenters. The Labute approximate surface area is 125 Å². The molecule has 0 saturated carbocycles. The maximum Gasteiger partial charge on any atom is 0.414 e. The molecule has 1 heterocycles. The normalized spacial score (nSPS) is 19.1. The van der Waals surface area contributed by atoms with Gasteiger partial charge < -0.3 is 5.11 Å². The number of aliphatic hydroxyl groups is 1. The van der Waals surface area contributed by atoms with E-state index in [0.29, 0.717) is 25.2 Å². The Morgan fingerprint density at radius 2 is 1.91 bits per heavy atom. The van der Waals surface area contributed by atoms with E-state index in [1.165, 1.54) is 6.07 Å². The lowest BCUT2D eigenvalue weighted by molar-refractivity contribution is -0.385. The molecule has 0 bridgehead atoms. The Bertz CT molecular complexity index is 528. The molecule has 1 atom stereocenters. The number of nitro benzene ring substituents is 1. The van der Waals surface area contributed by atoms with Gasteiger partial charge in [-0.15, -0.1) is 0 Å². The van der Waals surface area contributed by atoms with Gasteiger partial charge in [0.05, 0.1) is 4.92 Å². The molecule has 0 spiro atoms. The van der Waals surface area contributed by atoms with Crippen LogP contribution in [0.4, 0.5) is 18.9 Å². The largest absolute Gasteiger partial charge is 0.414 e. The van der Waals surface area contributed by atoms with Crippen molar-refractivity contribution in [1.29, 1.82) is 0 Å². The van der Waals surface area contributed by atoms with Crippen LogP contribution in [-0.2, 0) is 6.54 Å². The first kappa shape index (κ1) is 16.7. The van der Waals surface area contributed by atoms with Gasteiger partial charge in [0.2, 0.25) is 0 Å². The van der Waals surface area contributed by atoms with Crippen LogP contribution in [0.5, 0.6) is 0 Å². The first-order chi connectivity index (χ1) is 10.3. The second kappa shape index (κ2) is 6.62. The van der Waals surface area contributed by atoms with E-state index in [2.05, 4.69) is 0 Å². The maximum absolute atomic E-state index is 12.5. The summed E-state index contributed by atoms with van der Waals surface area (Å²) < 4.78 is 37.4. The highest BCUT2D eigenvalue weighted by Crippen LogP contribution is 2.32. The Balaban J connectivity index is 1.95. The van der Waals surface area contributed by atoms with Gasteiger partial charge >= 0.3 is 6.18 Å². The molecule has 2 rings (SSSR count). The molecule has 1 fully saturated rings. The second-order valence-corrected chi connectivity index (χ2v) is 5.49. The first-order valence-electron chi connectivity index (χ1n) is 6.98. The number of piperidine rings is 1. The van der Waals surface area contributed by atoms with Crippen molar-refractivity contribution in [3.05, 3.63) is 39.9 Å². The van der Waals surface area contributed by atoms with Crippen molar-refractivity contribution < 1.29 is 23.2 Å². The number of nitrogens with zero attached hydrogens (tertiary/aromatic N) is 2. The van der Waals surface area contributed by atoms with E-state index in [9.17, 15) is 28.4 Å². The summed E-state index contributed by atoms with van der Waals surface area (Å²) in [5.41, 5.74) is 0.558. The van der Waals surface area contributed by atoms with Gasteiger partial charge in [0.1, 0.15) is 0 Å². The Morgan fingerprint density at radius 1 is 1.32 bits per heavy atom. The number of benzene rings is 1. The van der Waals surface area contributed by atoms with E-state index in [1.807, 2.05) is 4.90 Å². The van der Waals surface area contributed by atoms with Gasteiger partial charge in [-0.1, -0.05) is 18.2 Å². The molecule has 22 heavy (non-hydrogen) atoms. The number of para-hydroxylation sites is 1. The summed E-state index contributed by atoms with van der Waals surface area (Å²) in [6.45, 7) is 1.08. The number of hydrogen-bond donors (Lipinski definition) is 1. The van der Waals surface area contributed by atoms with E-state index >= 15 is 0 Å². The zero-order valence-electron chi connectivity index (χ0n) is 11.8. The molecule has 0 amide bonds. The molecule has 1 aromatic carbocycles. The van der Waals surface area contributed by atoms with Gasteiger partial charge in [-0.25, -0.2) is 0 Å². The number of halogens is 3. The SMILES string of the molecule is O=[N+]([O-])c1ccccc1CN1CCC(C(O)C(F)(F)F)CC1. The summed E-state index contributed by atoms with van der Waals surface area (Å²) in [7, 11) is 0. The average molecular weight is 318 g/mol. The van der Waals surface area contributed by atoms with E-state index in [0.717, 1.165) is 0 Å². The van der Waals surface area contributed by atoms with Gasteiger partial charge in [-0.2, -0.15) is 13.2 Å². The fourth-order valence-corrected chi connectivity index (χ4v) is 2.76. The van der Waals surface area contributed by atoms with Gasteiger partial charge in [0, 0.05) is 18.2 Å². The van der Waals surface area contributed by atoms with Crippen LogP contribution < -0.4 is 0 Å². The highest BCUT2D eigenvalue weighted by Gasteiger charge is 2.44. The van der Waals surface area contributed by atoms with E-state index in [4.69, 9.17) is 0 Å². The highest BCUT2D eigenvalue weighted by molar-refractivity contribution is 5.39. The average Bonchev–Trinajstić information content (AvgIpc) is 2.46. The van der Waals surface area contributed by atoms with Gasteiger partial charge in [0.15, 0.2) is 6.10 Å². The zero-order chi connectivity index (χ0) is 16.3. The van der Waals surface area contributed by atoms with Crippen LogP contribution >= 0.6 is 0 Å². The van der Waals surface area contributed by atoms with Crippen molar-refractivity contribution in [1.82, 2.24) is 4.90 Å². The minimum Gasteiger partial charge on any atom is -0.383 e. The fourth-order valence-electron chi connectivity index (χ4n) is 2.76. The lowest BCUT2D eigenvalue weighted by atomic mass is 9.90. The van der Waals surface area contributed by atoms with Crippen molar-refractivity contribution in [2.45, 2.75) is 31.7 Å². The molecule has 0 aromatic heterocycles. The summed E-state index contributed by atoms with van der Waals surface area (Å²) in [5, 5.41) is 20.2. The summed E-state index contributed by atoms with van der Waals surface area (Å²) in [6, 6.07) is 6.33. The lowest BCUT2D eigenvalue weighted by Gasteiger charge is -2.34. The number of nitro groups is 1. The lowest BCUT2D eigenvalue weighted by Crippen LogP contribution is -2.43. The molecule has 5 nitrogen and oxygen atoms in total. The van der Waals surface area contributed by atoms with Gasteiger partial charge in [0.25, 0.3) is 5.69 Å². The van der Waals surface area contributed by atoms with Crippen molar-refractivity contribution in [2.24, 2.45) is 5.92 Å². The third kappa shape index (κ3) is 3.95. The Morgan fingerprint density at radius 3 is 2.45 bits per heavy atom. The van der Waals surface area contributed by atoms with Crippen LogP contribution in [0.2, 0.25) is 0 Å². The Kier molecular flexibility index (Phi) is 5.02. The number of alkyl halides is 3. The molecule has 8 heteroatoms. The van der Waals surface area contributed by atoms with Crippen LogP contribution in [-0.4, -0.2) is 40.3 Å². The molecule has 1 aliphatic heterocycles. The topological polar surface area (TPSA) is 66.6 Å². The summed E-state index contributed by atoms with van der Waals surface area (Å²) in [6.07, 6.45) is -6.44. The van der Waals surface area contributed by atoms with Crippen LogP contribution in [0.15, 0.2) is 24.3 Å². The molecular formula is C14H17F3N2O3. The summed E-state index contributed by atoms with van der Waals surface area (Å²) in [4.78, 5) is 12.4. The molecule has 1 saturated heterocycles. The highest BCUT2D eigenvalue weighted by atomic mass is 19.4. The Hall–Kier alpha value is -1.67. The smallest absolute Gasteiger partial charge is 0.383 e. The van der Waals surface area contributed by atoms with Crippen LogP contribution in [0, 0.1) is 16.0 Å². The standard InChI is InChI=1S/C14H17F3N2O3/c15-14(16,17)13(20)10-5-7-18(8-6-10)9-11-3-1-2-4-12(11)19(21)22/h1-4,10,13,20H,5-9H2. The van der Waals surface area contributed by atoms with Crippen molar-refractivity contribution >= 4 is 5.69 Å². The molecule has 0 aliphatic carbocycles. The zero-order valence-corrected chi connectivity index (χ0v) is 11.8. The monoisotopic (exact) mass is 318 g/mol. The quantitative estimate of drug-likeness (QED) is 0.685. The predicted molar refractivity (Wildman–Crippen MR) is 73.2 cm³/mol. The van der Waals surface area contributed by atoms with Crippen molar-refractivity contribution in [3.8, 4) is 0 Å². The number of likely N-dealkylation sites (tertiary alicyclic amines) is 1. The molecule has 1 aliphatic rings. The van der Waals surface area contributed by atoms with E-state index in [1.54, 1.807) is 18.2 Å². The summed E-state index contributed by atoms with van der Waals surface area (Å²) >= 11 is 0. The minimum atomic E-state index is -4.59. The van der Waals surface area contributed by atoms with Gasteiger partial charge in [-0.3, -0.25) is 15.0 Å². The minimum absolute atomic E-state index is 0.0138. The molecule has 1 N–H and O–H groups in total. The number of aliphatic hydroxyl groups excluding tert-OH is 1. The number of rotatable bonds is 4. The number of hydrogen-bond acceptors (Lipinski definition) is 4. The fraction of sp³-hybridized carbons (Fsp3) is 0.571. The van der Waals surface area contributed by atoms with E-state index in [-0.39, 0.29) is 18.5 Å².